The normalized spacial score (nSPS) is 10.6. The topological polar surface area (TPSA) is 48.2 Å². The van der Waals surface area contributed by atoms with Gasteiger partial charge in [-0.05, 0) is 24.3 Å². The van der Waals surface area contributed by atoms with Crippen molar-refractivity contribution < 1.29 is 17.9 Å². The Morgan fingerprint density at radius 1 is 0.905 bits per heavy atom. The highest BCUT2D eigenvalue weighted by molar-refractivity contribution is 5.64. The summed E-state index contributed by atoms with van der Waals surface area (Å²) in [7, 11) is 1.51. The molecule has 0 saturated carbocycles. The zero-order chi connectivity index (χ0) is 14.8. The van der Waals surface area contributed by atoms with Gasteiger partial charge in [0.05, 0.1) is 12.7 Å². The van der Waals surface area contributed by atoms with Crippen molar-refractivity contribution >= 4 is 0 Å². The average Bonchev–Trinajstić information content (AvgIpc) is 2.96. The highest BCUT2D eigenvalue weighted by Gasteiger charge is 2.19. The first kappa shape index (κ1) is 13.2. The van der Waals surface area contributed by atoms with Crippen LogP contribution in [0.25, 0.3) is 22.9 Å². The summed E-state index contributed by atoms with van der Waals surface area (Å²) in [6, 6.07) is 10.5. The van der Waals surface area contributed by atoms with E-state index in [1.54, 1.807) is 24.3 Å². The van der Waals surface area contributed by atoms with Crippen LogP contribution in [0.4, 0.5) is 8.78 Å². The van der Waals surface area contributed by atoms with Gasteiger partial charge in [0.2, 0.25) is 0 Å². The van der Waals surface area contributed by atoms with E-state index in [2.05, 4.69) is 10.2 Å². The van der Waals surface area contributed by atoms with Gasteiger partial charge in [-0.2, -0.15) is 0 Å². The van der Waals surface area contributed by atoms with E-state index < -0.39 is 11.6 Å². The van der Waals surface area contributed by atoms with Crippen LogP contribution in [0.15, 0.2) is 46.9 Å². The van der Waals surface area contributed by atoms with Gasteiger partial charge in [-0.15, -0.1) is 10.2 Å². The average molecular weight is 288 g/mol. The minimum absolute atomic E-state index is 0.130. The minimum Gasteiger partial charge on any atom is -0.496 e. The molecule has 0 aliphatic heterocycles. The van der Waals surface area contributed by atoms with Gasteiger partial charge in [0.1, 0.15) is 22.9 Å². The summed E-state index contributed by atoms with van der Waals surface area (Å²) in [5.74, 6) is -1.08. The van der Waals surface area contributed by atoms with Crippen LogP contribution in [0, 0.1) is 11.6 Å². The van der Waals surface area contributed by atoms with Gasteiger partial charge >= 0.3 is 0 Å². The fourth-order valence-electron chi connectivity index (χ4n) is 1.96. The molecule has 0 atom stereocenters. The lowest BCUT2D eigenvalue weighted by Crippen LogP contribution is -1.89. The third-order valence-electron chi connectivity index (χ3n) is 2.94. The van der Waals surface area contributed by atoms with E-state index in [4.69, 9.17) is 9.15 Å². The van der Waals surface area contributed by atoms with Crippen LogP contribution in [0.2, 0.25) is 0 Å². The number of rotatable bonds is 3. The molecule has 0 fully saturated rings. The maximum Gasteiger partial charge on any atom is 0.254 e. The lowest BCUT2D eigenvalue weighted by Gasteiger charge is -2.03. The van der Waals surface area contributed by atoms with Gasteiger partial charge in [0.15, 0.2) is 0 Å². The summed E-state index contributed by atoms with van der Waals surface area (Å²) >= 11 is 0. The molecule has 0 aliphatic carbocycles. The first-order valence-electron chi connectivity index (χ1n) is 6.12. The Hall–Kier alpha value is -2.76. The molecule has 106 valence electrons. The van der Waals surface area contributed by atoms with Gasteiger partial charge in [0.25, 0.3) is 11.8 Å². The second-order valence-corrected chi connectivity index (χ2v) is 4.21. The largest absolute Gasteiger partial charge is 0.496 e. The van der Waals surface area contributed by atoms with Crippen LogP contribution in [0.3, 0.4) is 0 Å². The van der Waals surface area contributed by atoms with Crippen LogP contribution >= 0.6 is 0 Å². The fraction of sp³-hybridized carbons (Fsp3) is 0.0667. The molecule has 0 unspecified atom stereocenters. The molecule has 21 heavy (non-hydrogen) atoms. The molecular weight excluding hydrogens is 278 g/mol. The number of halogens is 2. The zero-order valence-corrected chi connectivity index (χ0v) is 11.0. The van der Waals surface area contributed by atoms with Gasteiger partial charge < -0.3 is 9.15 Å². The Bertz CT molecular complexity index is 767. The Labute approximate surface area is 119 Å². The lowest BCUT2D eigenvalue weighted by atomic mass is 10.2. The number of aromatic nitrogens is 2. The number of nitrogens with zero attached hydrogens (tertiary/aromatic N) is 2. The van der Waals surface area contributed by atoms with E-state index in [1.807, 2.05) is 0 Å². The van der Waals surface area contributed by atoms with E-state index in [0.717, 1.165) is 12.1 Å². The second-order valence-electron chi connectivity index (χ2n) is 4.21. The summed E-state index contributed by atoms with van der Waals surface area (Å²) in [5, 5.41) is 7.53. The van der Waals surface area contributed by atoms with Crippen molar-refractivity contribution in [2.24, 2.45) is 0 Å². The molecular formula is C15H10F2N2O2. The highest BCUT2D eigenvalue weighted by atomic mass is 19.1. The Kier molecular flexibility index (Phi) is 3.35. The van der Waals surface area contributed by atoms with Crippen molar-refractivity contribution in [3.63, 3.8) is 0 Å². The molecule has 3 aromatic rings. The number of ether oxygens (including phenoxy) is 1. The zero-order valence-electron chi connectivity index (χ0n) is 11.0. The molecule has 0 amide bonds. The van der Waals surface area contributed by atoms with Gasteiger partial charge in [-0.25, -0.2) is 8.78 Å². The molecule has 0 radical (unpaired) electrons. The smallest absolute Gasteiger partial charge is 0.254 e. The van der Waals surface area contributed by atoms with Gasteiger partial charge in [0, 0.05) is 0 Å². The molecule has 1 aromatic heterocycles. The Balaban J connectivity index is 2.09. The van der Waals surface area contributed by atoms with E-state index >= 15 is 0 Å². The van der Waals surface area contributed by atoms with Crippen LogP contribution in [0.5, 0.6) is 5.75 Å². The first-order chi connectivity index (χ1) is 10.2. The number of hydrogen-bond acceptors (Lipinski definition) is 4. The first-order valence-corrected chi connectivity index (χ1v) is 6.12. The molecule has 0 spiro atoms. The third kappa shape index (κ3) is 2.35. The summed E-state index contributed by atoms with van der Waals surface area (Å²) in [5.41, 5.74) is 0.210. The fourth-order valence-corrected chi connectivity index (χ4v) is 1.96. The molecule has 0 saturated heterocycles. The van der Waals surface area contributed by atoms with Crippen molar-refractivity contribution in [2.75, 3.05) is 7.11 Å². The maximum absolute atomic E-state index is 13.7. The molecule has 2 aromatic carbocycles. The minimum atomic E-state index is -0.759. The Morgan fingerprint density at radius 2 is 1.57 bits per heavy atom. The highest BCUT2D eigenvalue weighted by Crippen LogP contribution is 2.32. The monoisotopic (exact) mass is 288 g/mol. The van der Waals surface area contributed by atoms with Crippen LogP contribution in [-0.4, -0.2) is 17.3 Å². The van der Waals surface area contributed by atoms with Crippen molar-refractivity contribution in [1.82, 2.24) is 10.2 Å². The number of benzene rings is 2. The molecule has 0 N–H and O–H groups in total. The summed E-state index contributed by atoms with van der Waals surface area (Å²) in [4.78, 5) is 0. The van der Waals surface area contributed by atoms with E-state index in [0.29, 0.717) is 11.3 Å². The van der Waals surface area contributed by atoms with Crippen LogP contribution in [0.1, 0.15) is 0 Å². The summed E-state index contributed by atoms with van der Waals surface area (Å²) < 4.78 is 38.0. The quantitative estimate of drug-likeness (QED) is 0.737. The number of hydrogen-bond donors (Lipinski definition) is 0. The van der Waals surface area contributed by atoms with Crippen LogP contribution < -0.4 is 4.74 Å². The predicted molar refractivity (Wildman–Crippen MR) is 71.6 cm³/mol. The summed E-state index contributed by atoms with van der Waals surface area (Å²) in [6.45, 7) is 0. The van der Waals surface area contributed by atoms with Gasteiger partial charge in [-0.1, -0.05) is 18.2 Å². The number of para-hydroxylation sites is 1. The van der Waals surface area contributed by atoms with Gasteiger partial charge in [-0.3, -0.25) is 0 Å². The van der Waals surface area contributed by atoms with Crippen molar-refractivity contribution in [3.8, 4) is 28.7 Å². The number of methoxy groups -OCH3 is 1. The standard InChI is InChI=1S/C15H10F2N2O2/c1-20-12-8-3-2-5-9(12)14-18-19-15(21-14)13-10(16)6-4-7-11(13)17/h2-8H,1H3. The molecule has 0 bridgehead atoms. The lowest BCUT2D eigenvalue weighted by molar-refractivity contribution is 0.414. The predicted octanol–water partition coefficient (Wildman–Crippen LogP) is 3.69. The van der Waals surface area contributed by atoms with E-state index in [9.17, 15) is 8.78 Å². The molecule has 4 nitrogen and oxygen atoms in total. The molecule has 3 rings (SSSR count). The van der Waals surface area contributed by atoms with E-state index in [1.165, 1.54) is 13.2 Å². The third-order valence-corrected chi connectivity index (χ3v) is 2.94. The van der Waals surface area contributed by atoms with Crippen molar-refractivity contribution in [2.45, 2.75) is 0 Å². The van der Waals surface area contributed by atoms with Crippen LogP contribution in [-0.2, 0) is 0 Å². The summed E-state index contributed by atoms with van der Waals surface area (Å²) in [6.07, 6.45) is 0. The maximum atomic E-state index is 13.7. The van der Waals surface area contributed by atoms with Crippen molar-refractivity contribution in [3.05, 3.63) is 54.1 Å². The van der Waals surface area contributed by atoms with E-state index in [-0.39, 0.29) is 17.3 Å². The Morgan fingerprint density at radius 3 is 2.29 bits per heavy atom. The second kappa shape index (κ2) is 5.32. The molecule has 1 heterocycles. The SMILES string of the molecule is COc1ccccc1-c1nnc(-c2c(F)cccc2F)o1. The van der Waals surface area contributed by atoms with Crippen molar-refractivity contribution in [1.29, 1.82) is 0 Å². The molecule has 6 heteroatoms. The molecule has 0 aliphatic rings.